The van der Waals surface area contributed by atoms with Crippen LogP contribution in [0, 0.1) is 5.82 Å². The summed E-state index contributed by atoms with van der Waals surface area (Å²) in [5, 5.41) is 37.6. The number of hydrogen-bond donors (Lipinski definition) is 5. The fraction of sp³-hybridized carbons (Fsp3) is 0.400. The van der Waals surface area contributed by atoms with E-state index in [1.807, 2.05) is 0 Å². The van der Waals surface area contributed by atoms with Crippen LogP contribution in [0.5, 0.6) is 0 Å². The first-order chi connectivity index (χ1) is 17.6. The largest absolute Gasteiger partial charge is 0.381 e. The lowest BCUT2D eigenvalue weighted by Gasteiger charge is -2.37. The van der Waals surface area contributed by atoms with Crippen molar-refractivity contribution in [3.63, 3.8) is 0 Å². The van der Waals surface area contributed by atoms with Crippen molar-refractivity contribution in [3.05, 3.63) is 64.5 Å². The van der Waals surface area contributed by atoms with Crippen LogP contribution in [0.1, 0.15) is 39.9 Å². The number of nitrogens with one attached hydrogen (secondary N) is 2. The second-order valence-corrected chi connectivity index (χ2v) is 9.31. The molecule has 3 heterocycles. The van der Waals surface area contributed by atoms with Crippen molar-refractivity contribution in [1.29, 1.82) is 0 Å². The van der Waals surface area contributed by atoms with Gasteiger partial charge in [-0.2, -0.15) is 0 Å². The van der Waals surface area contributed by atoms with Crippen LogP contribution in [0.25, 0.3) is 0 Å². The molecule has 0 aliphatic carbocycles. The van der Waals surface area contributed by atoms with Gasteiger partial charge in [-0.1, -0.05) is 6.07 Å². The normalized spacial score (nSPS) is 22.7. The van der Waals surface area contributed by atoms with Gasteiger partial charge in [-0.3, -0.25) is 24.6 Å². The van der Waals surface area contributed by atoms with Crippen molar-refractivity contribution in [1.82, 2.24) is 15.1 Å². The van der Waals surface area contributed by atoms with Crippen molar-refractivity contribution in [3.8, 4) is 0 Å². The molecule has 2 aromatic rings. The zero-order chi connectivity index (χ0) is 26.4. The number of imide groups is 1. The number of ether oxygens (including phenoxy) is 1. The molecule has 5 rings (SSSR count). The van der Waals surface area contributed by atoms with Crippen molar-refractivity contribution < 1.29 is 38.8 Å². The number of anilines is 1. The number of carbonyl (C=O) groups excluding carboxylic acids is 3. The maximum atomic E-state index is 14.7. The molecule has 3 aliphatic rings. The first-order valence-corrected chi connectivity index (χ1v) is 11.9. The smallest absolute Gasteiger partial charge is 0.279 e. The summed E-state index contributed by atoms with van der Waals surface area (Å²) in [5.41, 5.74) is -0.620. The first kappa shape index (κ1) is 25.2. The van der Waals surface area contributed by atoms with E-state index in [4.69, 9.17) is 4.74 Å². The summed E-state index contributed by atoms with van der Waals surface area (Å²) in [4.78, 5) is 39.4. The molecule has 0 radical (unpaired) electrons. The Morgan fingerprint density at radius 1 is 1.14 bits per heavy atom. The first-order valence-electron chi connectivity index (χ1n) is 11.9. The summed E-state index contributed by atoms with van der Waals surface area (Å²) in [6.45, 7) is 1.17. The van der Waals surface area contributed by atoms with Crippen LogP contribution in [-0.4, -0.2) is 74.9 Å². The number of morpholine rings is 1. The molecule has 11 nitrogen and oxygen atoms in total. The summed E-state index contributed by atoms with van der Waals surface area (Å²) >= 11 is 0. The van der Waals surface area contributed by atoms with Gasteiger partial charge < -0.3 is 25.4 Å². The van der Waals surface area contributed by atoms with Crippen molar-refractivity contribution >= 4 is 23.4 Å². The summed E-state index contributed by atoms with van der Waals surface area (Å²) in [6, 6.07) is 8.70. The van der Waals surface area contributed by atoms with E-state index in [-0.39, 0.29) is 42.6 Å². The second kappa shape index (κ2) is 9.47. The molecule has 3 amide bonds. The molecule has 2 aromatic carbocycles. The highest BCUT2D eigenvalue weighted by Crippen LogP contribution is 2.36. The van der Waals surface area contributed by atoms with Crippen LogP contribution in [0.2, 0.25) is 0 Å². The number of aliphatic hydroxyl groups is 3. The van der Waals surface area contributed by atoms with Gasteiger partial charge in [0.1, 0.15) is 5.82 Å². The Balaban J connectivity index is 1.36. The zero-order valence-corrected chi connectivity index (χ0v) is 19.9. The van der Waals surface area contributed by atoms with Crippen LogP contribution in [0.15, 0.2) is 36.4 Å². The number of piperidine rings is 1. The number of halogens is 1. The van der Waals surface area contributed by atoms with Gasteiger partial charge in [0.25, 0.3) is 17.7 Å². The van der Waals surface area contributed by atoms with E-state index in [0.29, 0.717) is 37.6 Å². The van der Waals surface area contributed by atoms with Crippen LogP contribution >= 0.6 is 0 Å². The number of carbonyl (C=O) groups is 3. The molecule has 12 heteroatoms. The third kappa shape index (κ3) is 4.47. The lowest BCUT2D eigenvalue weighted by Crippen LogP contribution is -2.63. The van der Waals surface area contributed by atoms with Gasteiger partial charge in [0.05, 0.1) is 19.8 Å². The van der Waals surface area contributed by atoms with Crippen LogP contribution in [0.3, 0.4) is 0 Å². The predicted octanol–water partition coefficient (Wildman–Crippen LogP) is -0.0541. The summed E-state index contributed by atoms with van der Waals surface area (Å²) in [6.07, 6.45) is -0.323. The Morgan fingerprint density at radius 3 is 2.62 bits per heavy atom. The Labute approximate surface area is 211 Å². The Bertz CT molecular complexity index is 1260. The molecular weight excluding hydrogens is 487 g/mol. The monoisotopic (exact) mass is 514 g/mol. The van der Waals surface area contributed by atoms with Gasteiger partial charge in [-0.25, -0.2) is 9.29 Å². The average Bonchev–Trinajstić information content (AvgIpc) is 3.24. The minimum absolute atomic E-state index is 0.0389. The quantitative estimate of drug-likeness (QED) is 0.264. The van der Waals surface area contributed by atoms with Gasteiger partial charge in [-0.15, -0.1) is 0 Å². The van der Waals surface area contributed by atoms with E-state index < -0.39 is 35.2 Å². The number of hydrogen-bond acceptors (Lipinski definition) is 9. The second-order valence-electron chi connectivity index (χ2n) is 9.31. The standard InChI is InChI=1S/C25H27FN4O7/c26-19-5-4-16(25(35,36)29-8-10-37-11-9-29)12-15(19)13-27-20-3-1-2-17-18(20)14-30(22(17)32)24(34)7-6-21(31)28-23(24)33/h1-5,12,27,34-36H,6-11,13-14H2,(H,28,31,33). The molecule has 0 spiro atoms. The molecule has 5 N–H and O–H groups in total. The Morgan fingerprint density at radius 2 is 1.89 bits per heavy atom. The average molecular weight is 515 g/mol. The van der Waals surface area contributed by atoms with Crippen molar-refractivity contribution in [2.24, 2.45) is 0 Å². The minimum atomic E-state index is -2.30. The summed E-state index contributed by atoms with van der Waals surface area (Å²) < 4.78 is 19.9. The van der Waals surface area contributed by atoms with Gasteiger partial charge in [0.2, 0.25) is 11.6 Å². The maximum Gasteiger partial charge on any atom is 0.279 e. The van der Waals surface area contributed by atoms with Crippen LogP contribution in [-0.2, 0) is 33.3 Å². The Hall–Kier alpha value is -3.42. The van der Waals surface area contributed by atoms with Gasteiger partial charge in [-0.05, 0) is 30.3 Å². The number of fused-ring (bicyclic) bond motifs is 1. The van der Waals surface area contributed by atoms with E-state index >= 15 is 0 Å². The molecule has 0 aromatic heterocycles. The Kier molecular flexibility index (Phi) is 6.46. The number of rotatable bonds is 6. The molecule has 1 unspecified atom stereocenters. The number of amides is 3. The fourth-order valence-electron chi connectivity index (χ4n) is 4.91. The molecule has 196 valence electrons. The van der Waals surface area contributed by atoms with E-state index in [9.17, 15) is 34.1 Å². The highest BCUT2D eigenvalue weighted by molar-refractivity contribution is 6.07. The van der Waals surface area contributed by atoms with Crippen molar-refractivity contribution in [2.75, 3.05) is 31.6 Å². The van der Waals surface area contributed by atoms with E-state index in [0.717, 1.165) is 11.0 Å². The topological polar surface area (TPSA) is 152 Å². The van der Waals surface area contributed by atoms with Gasteiger partial charge in [0, 0.05) is 60.4 Å². The third-order valence-corrected chi connectivity index (χ3v) is 7.09. The lowest BCUT2D eigenvalue weighted by molar-refractivity contribution is -0.286. The molecule has 2 saturated heterocycles. The van der Waals surface area contributed by atoms with Gasteiger partial charge >= 0.3 is 0 Å². The highest BCUT2D eigenvalue weighted by atomic mass is 19.1. The van der Waals surface area contributed by atoms with E-state index in [2.05, 4.69) is 10.6 Å². The fourth-order valence-corrected chi connectivity index (χ4v) is 4.91. The molecule has 2 fully saturated rings. The molecule has 3 aliphatic heterocycles. The third-order valence-electron chi connectivity index (χ3n) is 7.09. The zero-order valence-electron chi connectivity index (χ0n) is 19.9. The molecule has 0 bridgehead atoms. The predicted molar refractivity (Wildman–Crippen MR) is 126 cm³/mol. The summed E-state index contributed by atoms with van der Waals surface area (Å²) in [5.74, 6) is -4.89. The molecule has 37 heavy (non-hydrogen) atoms. The lowest BCUT2D eigenvalue weighted by atomic mass is 10.00. The SMILES string of the molecule is O=C1CCC(O)(N2Cc3c(NCc4cc(C(O)(O)N5CCOCC5)ccc4F)cccc3C2=O)C(=O)N1. The molecular formula is C25H27FN4O7. The minimum Gasteiger partial charge on any atom is -0.381 e. The van der Waals surface area contributed by atoms with Gasteiger partial charge in [0.15, 0.2) is 0 Å². The van der Waals surface area contributed by atoms with Crippen molar-refractivity contribution in [2.45, 2.75) is 37.6 Å². The number of benzene rings is 2. The highest BCUT2D eigenvalue weighted by Gasteiger charge is 2.51. The summed E-state index contributed by atoms with van der Waals surface area (Å²) in [7, 11) is 0. The van der Waals surface area contributed by atoms with E-state index in [1.54, 1.807) is 18.2 Å². The maximum absolute atomic E-state index is 14.7. The molecule has 1 atom stereocenters. The number of nitrogens with zero attached hydrogens (tertiary/aromatic N) is 2. The molecule has 0 saturated carbocycles. The van der Waals surface area contributed by atoms with E-state index in [1.165, 1.54) is 17.0 Å². The van der Waals surface area contributed by atoms with Crippen LogP contribution in [0.4, 0.5) is 10.1 Å². The van der Waals surface area contributed by atoms with Crippen LogP contribution < -0.4 is 10.6 Å².